The third-order valence-electron chi connectivity index (χ3n) is 7.15. The van der Waals surface area contributed by atoms with Crippen LogP contribution in [0.4, 0.5) is 5.69 Å². The lowest BCUT2D eigenvalue weighted by molar-refractivity contribution is -0.149. The Hall–Kier alpha value is -2.23. The Labute approximate surface area is 201 Å². The van der Waals surface area contributed by atoms with Gasteiger partial charge in [-0.25, -0.2) is 0 Å². The van der Waals surface area contributed by atoms with E-state index in [4.69, 9.17) is 4.74 Å². The van der Waals surface area contributed by atoms with Gasteiger partial charge in [-0.15, -0.1) is 6.58 Å². The van der Waals surface area contributed by atoms with Crippen molar-refractivity contribution in [1.29, 1.82) is 0 Å². The number of anilines is 1. The summed E-state index contributed by atoms with van der Waals surface area (Å²) in [6, 6.07) is 4.77. The maximum Gasteiger partial charge on any atom is 0.310 e. The number of aryl methyl sites for hydroxylation is 2. The normalized spacial score (nSPS) is 32.2. The van der Waals surface area contributed by atoms with E-state index < -0.39 is 41.5 Å². The van der Waals surface area contributed by atoms with E-state index >= 15 is 0 Å². The highest BCUT2D eigenvalue weighted by molar-refractivity contribution is 9.09. The first kappa shape index (κ1) is 23.9. The largest absolute Gasteiger partial charge is 0.481 e. The summed E-state index contributed by atoms with van der Waals surface area (Å²) in [4.78, 5) is 42.7. The van der Waals surface area contributed by atoms with Gasteiger partial charge in [-0.3, -0.25) is 14.4 Å². The van der Waals surface area contributed by atoms with Gasteiger partial charge in [-0.05, 0) is 37.8 Å². The number of hydrogen-bond acceptors (Lipinski definition) is 5. The molecule has 8 nitrogen and oxygen atoms in total. The van der Waals surface area contributed by atoms with Gasteiger partial charge in [0.2, 0.25) is 5.91 Å². The van der Waals surface area contributed by atoms with Gasteiger partial charge in [0.15, 0.2) is 0 Å². The van der Waals surface area contributed by atoms with Gasteiger partial charge in [-0.1, -0.05) is 40.2 Å². The van der Waals surface area contributed by atoms with E-state index in [0.717, 1.165) is 16.8 Å². The maximum atomic E-state index is 14.2. The SMILES string of the molecule is C=CCN(C(=O)C1N(CCCO)C(=O)[C@@H]2[C@@H](C(=O)O)[C@@H]3OC12CC3Br)c1c(C)cccc1C. The maximum absolute atomic E-state index is 14.2. The van der Waals surface area contributed by atoms with Gasteiger partial charge in [0.1, 0.15) is 11.6 Å². The Morgan fingerprint density at radius 2 is 2.03 bits per heavy atom. The van der Waals surface area contributed by atoms with Gasteiger partial charge < -0.3 is 24.7 Å². The summed E-state index contributed by atoms with van der Waals surface area (Å²) in [5, 5.41) is 19.3. The van der Waals surface area contributed by atoms with E-state index in [1.54, 1.807) is 11.0 Å². The number of nitrogens with zero attached hydrogens (tertiary/aromatic N) is 2. The number of benzene rings is 1. The minimum Gasteiger partial charge on any atom is -0.481 e. The van der Waals surface area contributed by atoms with Crippen LogP contribution in [0.5, 0.6) is 0 Å². The highest BCUT2D eigenvalue weighted by Gasteiger charge is 2.76. The third-order valence-corrected chi connectivity index (χ3v) is 8.00. The van der Waals surface area contributed by atoms with Crippen LogP contribution in [0.15, 0.2) is 30.9 Å². The number of fused-ring (bicyclic) bond motifs is 1. The molecule has 3 heterocycles. The molecule has 33 heavy (non-hydrogen) atoms. The number of alkyl halides is 1. The van der Waals surface area contributed by atoms with Crippen LogP contribution < -0.4 is 4.90 Å². The molecule has 2 bridgehead atoms. The number of carboxylic acid groups (broad SMARTS) is 1. The summed E-state index contributed by atoms with van der Waals surface area (Å²) in [6.45, 7) is 7.88. The highest BCUT2D eigenvalue weighted by atomic mass is 79.9. The molecule has 2 N–H and O–H groups in total. The van der Waals surface area contributed by atoms with Gasteiger partial charge in [-0.2, -0.15) is 0 Å². The number of aliphatic hydroxyl groups is 1. The smallest absolute Gasteiger partial charge is 0.310 e. The molecule has 1 spiro atoms. The Morgan fingerprint density at radius 3 is 2.61 bits per heavy atom. The van der Waals surface area contributed by atoms with Crippen LogP contribution in [0.3, 0.4) is 0 Å². The van der Waals surface area contributed by atoms with E-state index in [9.17, 15) is 24.6 Å². The fourth-order valence-corrected chi connectivity index (χ4v) is 6.91. The first-order valence-corrected chi connectivity index (χ1v) is 12.1. The van der Waals surface area contributed by atoms with E-state index in [0.29, 0.717) is 6.42 Å². The van der Waals surface area contributed by atoms with Crippen LogP contribution >= 0.6 is 15.9 Å². The molecule has 1 aromatic rings. The predicted molar refractivity (Wildman–Crippen MR) is 125 cm³/mol. The van der Waals surface area contributed by atoms with Crippen LogP contribution in [0.25, 0.3) is 0 Å². The number of amides is 2. The molecule has 6 atom stereocenters. The molecule has 0 aromatic heterocycles. The second kappa shape index (κ2) is 8.85. The van der Waals surface area contributed by atoms with E-state index in [-0.39, 0.29) is 36.9 Å². The molecule has 3 aliphatic heterocycles. The van der Waals surface area contributed by atoms with Crippen LogP contribution in [0, 0.1) is 25.7 Å². The molecular weight excluding hydrogens is 492 g/mol. The quantitative estimate of drug-likeness (QED) is 0.401. The van der Waals surface area contributed by atoms with Crippen molar-refractivity contribution in [3.8, 4) is 0 Å². The monoisotopic (exact) mass is 520 g/mol. The number of para-hydroxylation sites is 1. The Morgan fingerprint density at radius 1 is 1.36 bits per heavy atom. The molecule has 178 valence electrons. The minimum atomic E-state index is -1.23. The van der Waals surface area contributed by atoms with Crippen molar-refractivity contribution >= 4 is 39.4 Å². The molecular formula is C24H29BrN2O6. The molecule has 0 radical (unpaired) electrons. The van der Waals surface area contributed by atoms with Gasteiger partial charge in [0.05, 0.1) is 17.9 Å². The molecule has 0 saturated carbocycles. The summed E-state index contributed by atoms with van der Waals surface area (Å²) in [5.41, 5.74) is 1.32. The molecule has 9 heteroatoms. The first-order valence-electron chi connectivity index (χ1n) is 11.1. The number of carbonyl (C=O) groups is 3. The topological polar surface area (TPSA) is 107 Å². The molecule has 3 aliphatic rings. The zero-order chi connectivity index (χ0) is 24.1. The number of rotatable bonds is 8. The van der Waals surface area contributed by atoms with E-state index in [2.05, 4.69) is 22.5 Å². The number of hydrogen-bond donors (Lipinski definition) is 2. The lowest BCUT2D eigenvalue weighted by Crippen LogP contribution is -2.57. The third kappa shape index (κ3) is 3.52. The summed E-state index contributed by atoms with van der Waals surface area (Å²) in [6.07, 6.45) is 1.59. The van der Waals surface area contributed by atoms with Crippen LogP contribution in [0.2, 0.25) is 0 Å². The second-order valence-electron chi connectivity index (χ2n) is 9.09. The minimum absolute atomic E-state index is 0.145. The molecule has 3 saturated heterocycles. The second-order valence-corrected chi connectivity index (χ2v) is 10.3. The van der Waals surface area contributed by atoms with Crippen LogP contribution in [0.1, 0.15) is 24.0 Å². The van der Waals surface area contributed by atoms with E-state index in [1.807, 2.05) is 32.0 Å². The standard InChI is InChI=1S/C24H29BrN2O6/c1-4-9-26(18-13(2)7-5-8-14(18)3)22(30)20-24-12-15(25)19(33-24)16(23(31)32)17(24)21(29)27(20)10-6-11-28/h4-5,7-8,15-17,19-20,28H,1,6,9-12H2,2-3H3,(H,31,32)/t15?,16-,17+,19-,20?,24?/m1/s1. The van der Waals surface area contributed by atoms with Crippen molar-refractivity contribution < 1.29 is 29.3 Å². The first-order chi connectivity index (χ1) is 15.7. The average molecular weight is 521 g/mol. The van der Waals surface area contributed by atoms with Crippen molar-refractivity contribution in [1.82, 2.24) is 4.90 Å². The lowest BCUT2D eigenvalue weighted by atomic mass is 9.70. The lowest BCUT2D eigenvalue weighted by Gasteiger charge is -2.37. The zero-order valence-corrected chi connectivity index (χ0v) is 20.3. The molecule has 4 rings (SSSR count). The van der Waals surface area contributed by atoms with Crippen LogP contribution in [-0.2, 0) is 19.1 Å². The van der Waals surface area contributed by atoms with Crippen molar-refractivity contribution in [2.75, 3.05) is 24.6 Å². The average Bonchev–Trinajstić information content (AvgIpc) is 3.34. The van der Waals surface area contributed by atoms with Crippen molar-refractivity contribution in [2.24, 2.45) is 11.8 Å². The number of aliphatic hydroxyl groups excluding tert-OH is 1. The summed E-state index contributed by atoms with van der Waals surface area (Å²) >= 11 is 3.54. The van der Waals surface area contributed by atoms with E-state index in [1.165, 1.54) is 4.90 Å². The fraction of sp³-hybridized carbons (Fsp3) is 0.542. The van der Waals surface area contributed by atoms with Gasteiger partial charge in [0.25, 0.3) is 5.91 Å². The molecule has 3 fully saturated rings. The summed E-state index contributed by atoms with van der Waals surface area (Å²) in [5.74, 6) is -3.79. The molecule has 3 unspecified atom stereocenters. The number of carbonyl (C=O) groups excluding carboxylic acids is 2. The molecule has 1 aromatic carbocycles. The fourth-order valence-electron chi connectivity index (χ4n) is 5.97. The Balaban J connectivity index is 1.83. The summed E-state index contributed by atoms with van der Waals surface area (Å²) < 4.78 is 6.28. The Kier molecular flexibility index (Phi) is 6.41. The summed E-state index contributed by atoms with van der Waals surface area (Å²) in [7, 11) is 0. The van der Waals surface area contributed by atoms with Gasteiger partial charge >= 0.3 is 5.97 Å². The van der Waals surface area contributed by atoms with Crippen molar-refractivity contribution in [2.45, 2.75) is 49.3 Å². The number of carboxylic acids is 1. The molecule has 0 aliphatic carbocycles. The predicted octanol–water partition coefficient (Wildman–Crippen LogP) is 2.04. The number of ether oxygens (including phenoxy) is 1. The highest BCUT2D eigenvalue weighted by Crippen LogP contribution is 2.60. The number of aliphatic carboxylic acids is 1. The van der Waals surface area contributed by atoms with Crippen molar-refractivity contribution in [3.05, 3.63) is 42.0 Å². The molecule has 2 amide bonds. The Bertz CT molecular complexity index is 979. The van der Waals surface area contributed by atoms with Crippen LogP contribution in [-0.4, -0.2) is 75.2 Å². The number of likely N-dealkylation sites (tertiary alicyclic amines) is 1. The van der Waals surface area contributed by atoms with Gasteiger partial charge in [0, 0.05) is 30.2 Å². The van der Waals surface area contributed by atoms with Crippen molar-refractivity contribution in [3.63, 3.8) is 0 Å². The number of halogens is 1. The zero-order valence-electron chi connectivity index (χ0n) is 18.7.